The number of nitrogens with one attached hydrogen (secondary N) is 1. The van der Waals surface area contributed by atoms with Crippen LogP contribution >= 0.6 is 11.3 Å². The Hall–Kier alpha value is -2.45. The van der Waals surface area contributed by atoms with Gasteiger partial charge < -0.3 is 5.32 Å². The maximum atomic E-state index is 13.0. The Labute approximate surface area is 168 Å². The minimum atomic E-state index is -3.10. The van der Waals surface area contributed by atoms with E-state index in [9.17, 15) is 13.2 Å². The predicted octanol–water partition coefficient (Wildman–Crippen LogP) is 2.97. The first kappa shape index (κ1) is 18.9. The molecular weight excluding hydrogens is 394 g/mol. The molecule has 0 aliphatic carbocycles. The maximum absolute atomic E-state index is 13.0. The van der Waals surface area contributed by atoms with Gasteiger partial charge in [-0.1, -0.05) is 36.4 Å². The Kier molecular flexibility index (Phi) is 4.84. The average molecular weight is 416 g/mol. The first-order valence-corrected chi connectivity index (χ1v) is 11.7. The van der Waals surface area contributed by atoms with E-state index in [1.807, 2.05) is 47.8 Å². The number of carbonyl (C=O) groups excluding carboxylic acids is 1. The van der Waals surface area contributed by atoms with E-state index in [4.69, 9.17) is 0 Å². The Balaban J connectivity index is 1.64. The van der Waals surface area contributed by atoms with Crippen LogP contribution in [-0.2, 0) is 16.4 Å². The first-order chi connectivity index (χ1) is 13.3. The van der Waals surface area contributed by atoms with Crippen LogP contribution in [0.15, 0.2) is 54.0 Å². The van der Waals surface area contributed by atoms with Crippen LogP contribution in [0.1, 0.15) is 29.3 Å². The molecule has 0 unspecified atom stereocenters. The molecule has 3 aromatic rings. The molecule has 6 nitrogen and oxygen atoms in total. The molecule has 1 fully saturated rings. The van der Waals surface area contributed by atoms with Crippen molar-refractivity contribution in [3.8, 4) is 10.6 Å². The normalized spacial score (nSPS) is 20.9. The van der Waals surface area contributed by atoms with Crippen molar-refractivity contribution in [1.29, 1.82) is 0 Å². The predicted molar refractivity (Wildman–Crippen MR) is 110 cm³/mol. The molecule has 1 saturated heterocycles. The molecule has 8 heteroatoms. The van der Waals surface area contributed by atoms with Crippen LogP contribution in [0.4, 0.5) is 0 Å². The molecule has 3 heterocycles. The molecule has 1 atom stereocenters. The topological polar surface area (TPSA) is 81.1 Å². The lowest BCUT2D eigenvalue weighted by Crippen LogP contribution is -2.47. The van der Waals surface area contributed by atoms with Crippen molar-refractivity contribution in [3.05, 3.63) is 65.2 Å². The van der Waals surface area contributed by atoms with Crippen molar-refractivity contribution in [2.45, 2.75) is 25.4 Å². The zero-order valence-electron chi connectivity index (χ0n) is 15.5. The van der Waals surface area contributed by atoms with E-state index in [1.54, 1.807) is 17.8 Å². The first-order valence-electron chi connectivity index (χ1n) is 9.02. The van der Waals surface area contributed by atoms with Gasteiger partial charge in [0.2, 0.25) is 0 Å². The van der Waals surface area contributed by atoms with Gasteiger partial charge in [-0.3, -0.25) is 9.48 Å². The molecule has 1 N–H and O–H groups in total. The molecule has 28 heavy (non-hydrogen) atoms. The minimum Gasteiger partial charge on any atom is -0.346 e. The highest BCUT2D eigenvalue weighted by molar-refractivity contribution is 7.91. The van der Waals surface area contributed by atoms with Crippen molar-refractivity contribution < 1.29 is 13.2 Å². The van der Waals surface area contributed by atoms with Gasteiger partial charge in [0, 0.05) is 6.20 Å². The summed E-state index contributed by atoms with van der Waals surface area (Å²) in [7, 11) is -3.10. The van der Waals surface area contributed by atoms with Crippen LogP contribution in [-0.4, -0.2) is 41.2 Å². The van der Waals surface area contributed by atoms with Crippen LogP contribution in [0.2, 0.25) is 0 Å². The smallest absolute Gasteiger partial charge is 0.255 e. The average Bonchev–Trinajstić information content (AvgIpc) is 3.35. The van der Waals surface area contributed by atoms with E-state index < -0.39 is 15.4 Å². The van der Waals surface area contributed by atoms with Gasteiger partial charge in [-0.2, -0.15) is 5.10 Å². The number of rotatable bonds is 5. The molecule has 4 rings (SSSR count). The lowest BCUT2D eigenvalue weighted by Gasteiger charge is -2.23. The number of hydrogen-bond donors (Lipinski definition) is 1. The van der Waals surface area contributed by atoms with Gasteiger partial charge in [0.15, 0.2) is 9.84 Å². The van der Waals surface area contributed by atoms with Crippen LogP contribution in [0.3, 0.4) is 0 Å². The molecule has 1 aromatic carbocycles. The number of sulfone groups is 1. The quantitative estimate of drug-likeness (QED) is 0.695. The van der Waals surface area contributed by atoms with Crippen molar-refractivity contribution in [3.63, 3.8) is 0 Å². The number of thiophene rings is 1. The van der Waals surface area contributed by atoms with E-state index >= 15 is 0 Å². The molecule has 1 amide bonds. The molecule has 2 aromatic heterocycles. The SMILES string of the molecule is C[C@@]1(NC(=O)c2cn(Cc3ccccc3)nc2-c2cccs2)CCS(=O)(=O)C1. The van der Waals surface area contributed by atoms with Crippen molar-refractivity contribution in [2.24, 2.45) is 0 Å². The van der Waals surface area contributed by atoms with Gasteiger partial charge in [0.05, 0.1) is 34.0 Å². The summed E-state index contributed by atoms with van der Waals surface area (Å²) in [6.45, 7) is 2.34. The molecular formula is C20H21N3O3S2. The Morgan fingerprint density at radius 2 is 2.04 bits per heavy atom. The van der Waals surface area contributed by atoms with E-state index in [2.05, 4.69) is 10.4 Å². The third kappa shape index (κ3) is 4.02. The molecule has 0 saturated carbocycles. The standard InChI is InChI=1S/C20H21N3O3S2/c1-20(9-11-28(25,26)14-20)21-19(24)16-13-23(12-15-6-3-2-4-7-15)22-18(16)17-8-5-10-27-17/h2-8,10,13H,9,11-12,14H2,1H3,(H,21,24)/t20-/m1/s1. The van der Waals surface area contributed by atoms with Gasteiger partial charge in [-0.25, -0.2) is 8.42 Å². The summed E-state index contributed by atoms with van der Waals surface area (Å²) in [6.07, 6.45) is 2.16. The monoisotopic (exact) mass is 415 g/mol. The fourth-order valence-electron chi connectivity index (χ4n) is 3.48. The highest BCUT2D eigenvalue weighted by Gasteiger charge is 2.40. The zero-order chi connectivity index (χ0) is 19.8. The second kappa shape index (κ2) is 7.18. The number of hydrogen-bond acceptors (Lipinski definition) is 5. The second-order valence-corrected chi connectivity index (χ2v) is 10.5. The van der Waals surface area contributed by atoms with Gasteiger partial charge in [0.1, 0.15) is 5.69 Å². The van der Waals surface area contributed by atoms with E-state index in [-0.39, 0.29) is 17.4 Å². The van der Waals surface area contributed by atoms with Gasteiger partial charge >= 0.3 is 0 Å². The van der Waals surface area contributed by atoms with Gasteiger partial charge in [0.25, 0.3) is 5.91 Å². The molecule has 1 aliphatic rings. The van der Waals surface area contributed by atoms with Crippen molar-refractivity contribution in [1.82, 2.24) is 15.1 Å². The Bertz CT molecular complexity index is 1090. The van der Waals surface area contributed by atoms with Crippen LogP contribution in [0.5, 0.6) is 0 Å². The summed E-state index contributed by atoms with van der Waals surface area (Å²) < 4.78 is 25.5. The molecule has 0 bridgehead atoms. The summed E-state index contributed by atoms with van der Waals surface area (Å²) in [4.78, 5) is 13.9. The summed E-state index contributed by atoms with van der Waals surface area (Å²) in [5.74, 6) is -0.213. The molecule has 0 radical (unpaired) electrons. The summed E-state index contributed by atoms with van der Waals surface area (Å²) in [5, 5.41) is 9.53. The van der Waals surface area contributed by atoms with E-state index in [0.717, 1.165) is 10.4 Å². The molecule has 0 spiro atoms. The fraction of sp³-hybridized carbons (Fsp3) is 0.300. The van der Waals surface area contributed by atoms with Crippen LogP contribution < -0.4 is 5.32 Å². The number of carbonyl (C=O) groups is 1. The minimum absolute atomic E-state index is 0.0295. The lowest BCUT2D eigenvalue weighted by molar-refractivity contribution is 0.0916. The number of aromatic nitrogens is 2. The zero-order valence-corrected chi connectivity index (χ0v) is 17.1. The van der Waals surface area contributed by atoms with Gasteiger partial charge in [-0.15, -0.1) is 11.3 Å². The van der Waals surface area contributed by atoms with Crippen LogP contribution in [0.25, 0.3) is 10.6 Å². The summed E-state index contributed by atoms with van der Waals surface area (Å²) >= 11 is 1.52. The number of nitrogens with zero attached hydrogens (tertiary/aromatic N) is 2. The third-order valence-corrected chi connectivity index (χ3v) is 7.65. The van der Waals surface area contributed by atoms with Gasteiger partial charge in [-0.05, 0) is 30.4 Å². The summed E-state index contributed by atoms with van der Waals surface area (Å²) in [6, 6.07) is 13.8. The lowest BCUT2D eigenvalue weighted by atomic mass is 10.0. The van der Waals surface area contributed by atoms with Crippen molar-refractivity contribution >= 4 is 27.1 Å². The second-order valence-electron chi connectivity index (χ2n) is 7.41. The number of benzene rings is 1. The highest BCUT2D eigenvalue weighted by atomic mass is 32.2. The van der Waals surface area contributed by atoms with Crippen molar-refractivity contribution in [2.75, 3.05) is 11.5 Å². The van der Waals surface area contributed by atoms with E-state index in [1.165, 1.54) is 11.3 Å². The summed E-state index contributed by atoms with van der Waals surface area (Å²) in [5.41, 5.74) is 1.42. The van der Waals surface area contributed by atoms with Crippen LogP contribution in [0, 0.1) is 0 Å². The molecule has 1 aliphatic heterocycles. The largest absolute Gasteiger partial charge is 0.346 e. The fourth-order valence-corrected chi connectivity index (χ4v) is 6.30. The third-order valence-electron chi connectivity index (χ3n) is 4.87. The maximum Gasteiger partial charge on any atom is 0.255 e. The number of amides is 1. The highest BCUT2D eigenvalue weighted by Crippen LogP contribution is 2.29. The molecule has 146 valence electrons. The Morgan fingerprint density at radius 1 is 1.25 bits per heavy atom. The van der Waals surface area contributed by atoms with E-state index in [0.29, 0.717) is 24.2 Å². The Morgan fingerprint density at radius 3 is 2.68 bits per heavy atom.